The van der Waals surface area contributed by atoms with Crippen LogP contribution in [0.5, 0.6) is 5.75 Å². The van der Waals surface area contributed by atoms with Gasteiger partial charge in [-0.3, -0.25) is 9.48 Å². The molecule has 1 aliphatic carbocycles. The van der Waals surface area contributed by atoms with Crippen LogP contribution < -0.4 is 10.1 Å². The molecule has 1 aliphatic rings. The van der Waals surface area contributed by atoms with Crippen molar-refractivity contribution in [3.63, 3.8) is 0 Å². The van der Waals surface area contributed by atoms with Crippen molar-refractivity contribution in [2.45, 2.75) is 45.3 Å². The molecule has 1 N–H and O–H groups in total. The zero-order valence-electron chi connectivity index (χ0n) is 13.7. The van der Waals surface area contributed by atoms with Crippen LogP contribution in [0.4, 0.5) is 0 Å². The highest BCUT2D eigenvalue weighted by molar-refractivity contribution is 5.92. The highest BCUT2D eigenvalue weighted by atomic mass is 16.5. The standard InChI is InChI=1S/C17H22N4O2/c1-11(2)23-13-8-7-12-5-4-6-15(14(12)9-13)18-17(22)16-10-21(3)20-19-16/h7-11,15H,4-6H2,1-3H3,(H,18,22)/t15-/m1/s1. The lowest BCUT2D eigenvalue weighted by molar-refractivity contribution is 0.0927. The zero-order valence-corrected chi connectivity index (χ0v) is 13.7. The fraction of sp³-hybridized carbons (Fsp3) is 0.471. The number of aromatic nitrogens is 3. The fourth-order valence-electron chi connectivity index (χ4n) is 2.96. The Balaban J connectivity index is 1.81. The molecule has 3 rings (SSSR count). The topological polar surface area (TPSA) is 69.0 Å². The molecule has 1 atom stereocenters. The number of ether oxygens (including phenoxy) is 1. The Morgan fingerprint density at radius 1 is 1.43 bits per heavy atom. The van der Waals surface area contributed by atoms with Crippen LogP contribution in [0.15, 0.2) is 24.4 Å². The summed E-state index contributed by atoms with van der Waals surface area (Å²) in [6.07, 6.45) is 4.77. The number of nitrogens with zero attached hydrogens (tertiary/aromatic N) is 3. The first-order valence-corrected chi connectivity index (χ1v) is 7.99. The quantitative estimate of drug-likeness (QED) is 0.941. The van der Waals surface area contributed by atoms with E-state index in [0.717, 1.165) is 30.6 Å². The SMILES string of the molecule is CC(C)Oc1ccc2c(c1)[C@H](NC(=O)c1cn(C)nn1)CCC2. The number of aryl methyl sites for hydroxylation is 2. The van der Waals surface area contributed by atoms with Gasteiger partial charge >= 0.3 is 0 Å². The average molecular weight is 314 g/mol. The summed E-state index contributed by atoms with van der Waals surface area (Å²) >= 11 is 0. The maximum atomic E-state index is 12.3. The molecule has 6 heteroatoms. The van der Waals surface area contributed by atoms with Crippen molar-refractivity contribution in [2.75, 3.05) is 0 Å². The number of hydrogen-bond acceptors (Lipinski definition) is 4. The molecule has 0 fully saturated rings. The summed E-state index contributed by atoms with van der Waals surface area (Å²) in [6.45, 7) is 4.01. The van der Waals surface area contributed by atoms with E-state index < -0.39 is 0 Å². The smallest absolute Gasteiger partial charge is 0.273 e. The highest BCUT2D eigenvalue weighted by Gasteiger charge is 2.24. The summed E-state index contributed by atoms with van der Waals surface area (Å²) in [6, 6.07) is 6.15. The zero-order chi connectivity index (χ0) is 16.4. The van der Waals surface area contributed by atoms with Crippen molar-refractivity contribution in [3.05, 3.63) is 41.2 Å². The van der Waals surface area contributed by atoms with Crippen molar-refractivity contribution in [3.8, 4) is 5.75 Å². The maximum absolute atomic E-state index is 12.3. The molecule has 0 radical (unpaired) electrons. The maximum Gasteiger partial charge on any atom is 0.273 e. The molecule has 2 aromatic rings. The number of carbonyl (C=O) groups is 1. The summed E-state index contributed by atoms with van der Waals surface area (Å²) in [5.41, 5.74) is 2.76. The molecule has 0 bridgehead atoms. The van der Waals surface area contributed by atoms with Gasteiger partial charge in [-0.25, -0.2) is 0 Å². The Hall–Kier alpha value is -2.37. The molecule has 1 heterocycles. The Morgan fingerprint density at radius 3 is 2.96 bits per heavy atom. The molecular formula is C17H22N4O2. The van der Waals surface area contributed by atoms with Crippen LogP contribution in [0.3, 0.4) is 0 Å². The molecule has 0 saturated carbocycles. The third-order valence-corrected chi connectivity index (χ3v) is 3.94. The molecule has 0 aliphatic heterocycles. The minimum absolute atomic E-state index is 0.0102. The van der Waals surface area contributed by atoms with Gasteiger partial charge in [0, 0.05) is 7.05 Å². The van der Waals surface area contributed by atoms with Gasteiger partial charge in [0.25, 0.3) is 5.91 Å². The van der Waals surface area contributed by atoms with Crippen molar-refractivity contribution in [2.24, 2.45) is 7.05 Å². The lowest BCUT2D eigenvalue weighted by atomic mass is 9.87. The lowest BCUT2D eigenvalue weighted by Crippen LogP contribution is -2.31. The largest absolute Gasteiger partial charge is 0.491 e. The van der Waals surface area contributed by atoms with E-state index in [1.165, 1.54) is 10.2 Å². The second kappa shape index (κ2) is 6.40. The van der Waals surface area contributed by atoms with Gasteiger partial charge in [0.05, 0.1) is 18.3 Å². The summed E-state index contributed by atoms with van der Waals surface area (Å²) < 4.78 is 7.31. The van der Waals surface area contributed by atoms with Crippen LogP contribution in [0.1, 0.15) is 54.3 Å². The number of hydrogen-bond donors (Lipinski definition) is 1. The van der Waals surface area contributed by atoms with Crippen LogP contribution in [0.25, 0.3) is 0 Å². The minimum Gasteiger partial charge on any atom is -0.491 e. The molecule has 0 unspecified atom stereocenters. The molecule has 122 valence electrons. The van der Waals surface area contributed by atoms with Gasteiger partial charge in [0.15, 0.2) is 5.69 Å². The van der Waals surface area contributed by atoms with Gasteiger partial charge in [0.2, 0.25) is 0 Å². The molecule has 1 aromatic heterocycles. The van der Waals surface area contributed by atoms with Crippen LogP contribution >= 0.6 is 0 Å². The number of nitrogens with one attached hydrogen (secondary N) is 1. The molecular weight excluding hydrogens is 292 g/mol. The predicted octanol–water partition coefficient (Wildman–Crippen LogP) is 2.41. The van der Waals surface area contributed by atoms with Crippen molar-refractivity contribution >= 4 is 5.91 Å². The lowest BCUT2D eigenvalue weighted by Gasteiger charge is -2.27. The fourth-order valence-corrected chi connectivity index (χ4v) is 2.96. The number of amides is 1. The van der Waals surface area contributed by atoms with E-state index in [2.05, 4.69) is 27.8 Å². The second-order valence-corrected chi connectivity index (χ2v) is 6.22. The summed E-state index contributed by atoms with van der Waals surface area (Å²) in [4.78, 5) is 12.3. The van der Waals surface area contributed by atoms with Gasteiger partial charge < -0.3 is 10.1 Å². The normalized spacial score (nSPS) is 17.0. The number of rotatable bonds is 4. The summed E-state index contributed by atoms with van der Waals surface area (Å²) in [5, 5.41) is 10.8. The monoisotopic (exact) mass is 314 g/mol. The van der Waals surface area contributed by atoms with Crippen LogP contribution in [0.2, 0.25) is 0 Å². The van der Waals surface area contributed by atoms with E-state index >= 15 is 0 Å². The van der Waals surface area contributed by atoms with Crippen LogP contribution in [-0.4, -0.2) is 27.0 Å². The molecule has 1 amide bonds. The van der Waals surface area contributed by atoms with Crippen molar-refractivity contribution in [1.82, 2.24) is 20.3 Å². The van der Waals surface area contributed by atoms with Crippen LogP contribution in [-0.2, 0) is 13.5 Å². The predicted molar refractivity (Wildman–Crippen MR) is 86.4 cm³/mol. The van der Waals surface area contributed by atoms with Gasteiger partial charge in [-0.1, -0.05) is 11.3 Å². The van der Waals surface area contributed by atoms with Gasteiger partial charge in [-0.2, -0.15) is 0 Å². The molecule has 0 spiro atoms. The van der Waals surface area contributed by atoms with Crippen molar-refractivity contribution in [1.29, 1.82) is 0 Å². The van der Waals surface area contributed by atoms with Gasteiger partial charge in [-0.05, 0) is 56.4 Å². The average Bonchev–Trinajstić information content (AvgIpc) is 2.94. The van der Waals surface area contributed by atoms with E-state index in [1.54, 1.807) is 13.2 Å². The first-order valence-electron chi connectivity index (χ1n) is 7.99. The Bertz CT molecular complexity index is 708. The Morgan fingerprint density at radius 2 is 2.26 bits per heavy atom. The van der Waals surface area contributed by atoms with Gasteiger partial charge in [-0.15, -0.1) is 5.10 Å². The third-order valence-electron chi connectivity index (χ3n) is 3.94. The number of carbonyl (C=O) groups excluding carboxylic acids is 1. The summed E-state index contributed by atoms with van der Waals surface area (Å²) in [7, 11) is 1.75. The van der Waals surface area contributed by atoms with E-state index in [9.17, 15) is 4.79 Å². The highest BCUT2D eigenvalue weighted by Crippen LogP contribution is 2.32. The van der Waals surface area contributed by atoms with Crippen molar-refractivity contribution < 1.29 is 9.53 Å². The molecule has 23 heavy (non-hydrogen) atoms. The second-order valence-electron chi connectivity index (χ2n) is 6.22. The first-order chi connectivity index (χ1) is 11.0. The van der Waals surface area contributed by atoms with E-state index in [1.807, 2.05) is 19.9 Å². The number of fused-ring (bicyclic) bond motifs is 1. The van der Waals surface area contributed by atoms with E-state index in [0.29, 0.717) is 5.69 Å². The Kier molecular flexibility index (Phi) is 4.32. The number of benzene rings is 1. The Labute approximate surface area is 135 Å². The van der Waals surface area contributed by atoms with Crippen LogP contribution in [0, 0.1) is 0 Å². The first kappa shape index (κ1) is 15.5. The summed E-state index contributed by atoms with van der Waals surface area (Å²) in [5.74, 6) is 0.658. The van der Waals surface area contributed by atoms with E-state index in [-0.39, 0.29) is 18.1 Å². The van der Waals surface area contributed by atoms with Gasteiger partial charge in [0.1, 0.15) is 5.75 Å². The molecule has 0 saturated heterocycles. The van der Waals surface area contributed by atoms with E-state index in [4.69, 9.17) is 4.74 Å². The third kappa shape index (κ3) is 3.52. The minimum atomic E-state index is -0.189. The molecule has 1 aromatic carbocycles. The molecule has 6 nitrogen and oxygen atoms in total.